The quantitative estimate of drug-likeness (QED) is 0.793. The Balaban J connectivity index is 2.13. The largest absolute Gasteiger partial charge is 0.365 e. The topological polar surface area (TPSA) is 21.3 Å². The van der Waals surface area contributed by atoms with Gasteiger partial charge in [0, 0.05) is 17.5 Å². The van der Waals surface area contributed by atoms with Crippen LogP contribution in [0, 0.1) is 6.92 Å². The summed E-state index contributed by atoms with van der Waals surface area (Å²) < 4.78 is 6.13. The number of aryl methyl sites for hydroxylation is 1. The fourth-order valence-corrected chi connectivity index (χ4v) is 2.60. The van der Waals surface area contributed by atoms with Crippen molar-refractivity contribution in [3.63, 3.8) is 0 Å². The summed E-state index contributed by atoms with van der Waals surface area (Å²) in [6.07, 6.45) is 0.209. The Morgan fingerprint density at radius 3 is 2.80 bits per heavy atom. The lowest BCUT2D eigenvalue weighted by atomic mass is 9.96. The van der Waals surface area contributed by atoms with Gasteiger partial charge in [0.25, 0.3) is 0 Å². The van der Waals surface area contributed by atoms with Crippen molar-refractivity contribution < 1.29 is 4.74 Å². The van der Waals surface area contributed by atoms with Crippen LogP contribution in [-0.2, 0) is 4.74 Å². The van der Waals surface area contributed by atoms with Crippen molar-refractivity contribution in [3.8, 4) is 0 Å². The molecule has 0 aliphatic carbocycles. The summed E-state index contributed by atoms with van der Waals surface area (Å²) >= 11 is 1.79. The molecule has 1 aliphatic rings. The zero-order chi connectivity index (χ0) is 11.1. The maximum atomic E-state index is 6.13. The molecule has 2 nitrogen and oxygen atoms in total. The number of hydrogen-bond donors (Lipinski definition) is 1. The Labute approximate surface area is 95.6 Å². The molecular formula is C12H19NOS. The molecule has 1 saturated heterocycles. The number of ether oxygens (including phenoxy) is 1. The first-order chi connectivity index (χ1) is 6.99. The van der Waals surface area contributed by atoms with Crippen molar-refractivity contribution in [2.45, 2.75) is 45.4 Å². The predicted octanol–water partition coefficient (Wildman–Crippen LogP) is 2.88. The van der Waals surface area contributed by atoms with E-state index in [4.69, 9.17) is 4.74 Å². The van der Waals surface area contributed by atoms with E-state index in [-0.39, 0.29) is 11.7 Å². The molecule has 3 heteroatoms. The first kappa shape index (κ1) is 11.1. The molecule has 2 unspecified atom stereocenters. The monoisotopic (exact) mass is 225 g/mol. The summed E-state index contributed by atoms with van der Waals surface area (Å²) in [7, 11) is 0. The maximum Gasteiger partial charge on any atom is 0.0965 e. The average Bonchev–Trinajstić information content (AvgIpc) is 2.57. The third-order valence-electron chi connectivity index (χ3n) is 3.22. The van der Waals surface area contributed by atoms with Gasteiger partial charge in [-0.2, -0.15) is 0 Å². The van der Waals surface area contributed by atoms with Crippen LogP contribution < -0.4 is 5.32 Å². The van der Waals surface area contributed by atoms with E-state index < -0.39 is 0 Å². The third kappa shape index (κ3) is 2.25. The summed E-state index contributed by atoms with van der Waals surface area (Å²) in [5.74, 6) is 0. The minimum Gasteiger partial charge on any atom is -0.365 e. The van der Waals surface area contributed by atoms with Gasteiger partial charge >= 0.3 is 0 Å². The van der Waals surface area contributed by atoms with E-state index in [9.17, 15) is 0 Å². The average molecular weight is 225 g/mol. The molecule has 1 aromatic heterocycles. The van der Waals surface area contributed by atoms with Gasteiger partial charge in [-0.1, -0.05) is 0 Å². The second-order valence-corrected chi connectivity index (χ2v) is 5.95. The number of rotatable bonds is 1. The van der Waals surface area contributed by atoms with Gasteiger partial charge in [0.2, 0.25) is 0 Å². The second-order valence-electron chi connectivity index (χ2n) is 4.83. The van der Waals surface area contributed by atoms with E-state index in [0.29, 0.717) is 6.04 Å². The Hall–Kier alpha value is -0.380. The number of thiophene rings is 1. The molecule has 1 N–H and O–H groups in total. The summed E-state index contributed by atoms with van der Waals surface area (Å²) in [5, 5.41) is 5.71. The summed E-state index contributed by atoms with van der Waals surface area (Å²) in [5.41, 5.74) is 1.23. The third-order valence-corrected chi connectivity index (χ3v) is 4.10. The smallest absolute Gasteiger partial charge is 0.0965 e. The van der Waals surface area contributed by atoms with Crippen molar-refractivity contribution in [1.29, 1.82) is 0 Å². The van der Waals surface area contributed by atoms with E-state index in [1.165, 1.54) is 10.4 Å². The number of hydrogen-bond acceptors (Lipinski definition) is 3. The zero-order valence-electron chi connectivity index (χ0n) is 9.83. The highest BCUT2D eigenvalue weighted by molar-refractivity contribution is 7.10. The van der Waals surface area contributed by atoms with Crippen LogP contribution in [0.15, 0.2) is 11.4 Å². The molecule has 15 heavy (non-hydrogen) atoms. The molecule has 0 bridgehead atoms. The van der Waals surface area contributed by atoms with Gasteiger partial charge in [-0.05, 0) is 44.7 Å². The fraction of sp³-hybridized carbons (Fsp3) is 0.667. The second kappa shape index (κ2) is 3.89. The van der Waals surface area contributed by atoms with Crippen LogP contribution >= 0.6 is 11.3 Å². The molecule has 0 radical (unpaired) electrons. The van der Waals surface area contributed by atoms with Gasteiger partial charge in [0.1, 0.15) is 0 Å². The van der Waals surface area contributed by atoms with Crippen molar-refractivity contribution in [3.05, 3.63) is 21.9 Å². The van der Waals surface area contributed by atoms with Crippen LogP contribution in [0.5, 0.6) is 0 Å². The number of morpholine rings is 1. The standard InChI is InChI=1S/C12H19NOS/c1-8-5-10(7-15-8)11-6-13-9(2)12(3,4)14-11/h5,7,9,11,13H,6H2,1-4H3. The molecule has 1 fully saturated rings. The molecule has 2 rings (SSSR count). The molecule has 84 valence electrons. The molecule has 0 spiro atoms. The van der Waals surface area contributed by atoms with Gasteiger partial charge < -0.3 is 10.1 Å². The lowest BCUT2D eigenvalue weighted by molar-refractivity contribution is -0.119. The summed E-state index contributed by atoms with van der Waals surface area (Å²) in [6.45, 7) is 9.53. The Kier molecular flexibility index (Phi) is 2.88. The Bertz CT molecular complexity index is 345. The minimum absolute atomic E-state index is 0.0846. The summed E-state index contributed by atoms with van der Waals surface area (Å²) in [6, 6.07) is 2.64. The molecule has 0 saturated carbocycles. The van der Waals surface area contributed by atoms with E-state index in [0.717, 1.165) is 6.54 Å². The zero-order valence-corrected chi connectivity index (χ0v) is 10.6. The summed E-state index contributed by atoms with van der Waals surface area (Å²) in [4.78, 5) is 1.35. The minimum atomic E-state index is -0.0846. The van der Waals surface area contributed by atoms with Crippen LogP contribution in [0.4, 0.5) is 0 Å². The van der Waals surface area contributed by atoms with Crippen LogP contribution in [0.25, 0.3) is 0 Å². The maximum absolute atomic E-state index is 6.13. The fourth-order valence-electron chi connectivity index (χ4n) is 1.86. The van der Waals surface area contributed by atoms with Crippen molar-refractivity contribution >= 4 is 11.3 Å². The normalized spacial score (nSPS) is 30.4. The molecule has 0 aromatic carbocycles. The molecular weight excluding hydrogens is 206 g/mol. The lowest BCUT2D eigenvalue weighted by Gasteiger charge is -2.41. The highest BCUT2D eigenvalue weighted by Crippen LogP contribution is 2.31. The van der Waals surface area contributed by atoms with E-state index in [1.807, 2.05) is 0 Å². The van der Waals surface area contributed by atoms with Crippen LogP contribution in [0.1, 0.15) is 37.3 Å². The van der Waals surface area contributed by atoms with Gasteiger partial charge in [-0.3, -0.25) is 0 Å². The molecule has 1 aliphatic heterocycles. The molecule has 2 heterocycles. The van der Waals surface area contributed by atoms with E-state index in [1.54, 1.807) is 11.3 Å². The first-order valence-electron chi connectivity index (χ1n) is 5.45. The van der Waals surface area contributed by atoms with E-state index in [2.05, 4.69) is 44.5 Å². The highest BCUT2D eigenvalue weighted by atomic mass is 32.1. The van der Waals surface area contributed by atoms with Gasteiger partial charge in [0.05, 0.1) is 11.7 Å². The van der Waals surface area contributed by atoms with Gasteiger partial charge in [-0.25, -0.2) is 0 Å². The van der Waals surface area contributed by atoms with Crippen LogP contribution in [0.3, 0.4) is 0 Å². The van der Waals surface area contributed by atoms with Crippen LogP contribution in [0.2, 0.25) is 0 Å². The van der Waals surface area contributed by atoms with Crippen molar-refractivity contribution in [2.24, 2.45) is 0 Å². The Morgan fingerprint density at radius 1 is 1.53 bits per heavy atom. The van der Waals surface area contributed by atoms with Crippen molar-refractivity contribution in [1.82, 2.24) is 5.32 Å². The predicted molar refractivity (Wildman–Crippen MR) is 64.4 cm³/mol. The molecule has 0 amide bonds. The Morgan fingerprint density at radius 2 is 2.27 bits per heavy atom. The lowest BCUT2D eigenvalue weighted by Crippen LogP contribution is -2.53. The SMILES string of the molecule is Cc1cc(C2CNC(C)C(C)(C)O2)cs1. The van der Waals surface area contributed by atoms with Gasteiger partial charge in [0.15, 0.2) is 0 Å². The molecule has 1 aromatic rings. The van der Waals surface area contributed by atoms with E-state index >= 15 is 0 Å². The van der Waals surface area contributed by atoms with Crippen LogP contribution in [-0.4, -0.2) is 18.2 Å². The first-order valence-corrected chi connectivity index (χ1v) is 6.33. The van der Waals surface area contributed by atoms with Gasteiger partial charge in [-0.15, -0.1) is 11.3 Å². The van der Waals surface area contributed by atoms with Crippen molar-refractivity contribution in [2.75, 3.05) is 6.54 Å². The highest BCUT2D eigenvalue weighted by Gasteiger charge is 2.35. The number of nitrogens with one attached hydrogen (secondary N) is 1. The molecule has 2 atom stereocenters.